The Labute approximate surface area is 106 Å². The Morgan fingerprint density at radius 3 is 2.50 bits per heavy atom. The summed E-state index contributed by atoms with van der Waals surface area (Å²) in [5, 5.41) is 17.8. The lowest BCUT2D eigenvalue weighted by Crippen LogP contribution is -2.32. The molecule has 0 aliphatic heterocycles. The van der Waals surface area contributed by atoms with Crippen LogP contribution in [0.1, 0.15) is 12.8 Å². The highest BCUT2D eigenvalue weighted by atomic mass is 35.5. The summed E-state index contributed by atoms with van der Waals surface area (Å²) in [5.74, 6) is -1.11. The van der Waals surface area contributed by atoms with Gasteiger partial charge in [0.25, 0.3) is 0 Å². The van der Waals surface area contributed by atoms with Gasteiger partial charge in [-0.3, -0.25) is 4.79 Å². The van der Waals surface area contributed by atoms with Crippen molar-refractivity contribution in [3.05, 3.63) is 0 Å². The molecule has 0 saturated heterocycles. The molecule has 0 heterocycles. The molecule has 5 N–H and O–H groups in total. The number of nitrogens with two attached hydrogens (primary N) is 1. The van der Waals surface area contributed by atoms with Crippen LogP contribution in [0.2, 0.25) is 0 Å². The van der Waals surface area contributed by atoms with Gasteiger partial charge in [-0.2, -0.15) is 0 Å². The second-order valence-corrected chi connectivity index (χ2v) is 2.98. The summed E-state index contributed by atoms with van der Waals surface area (Å²) < 4.78 is 13.0. The number of carboxylic acids is 1. The first-order chi connectivity index (χ1) is 6.57. The first kappa shape index (κ1) is 20.9. The van der Waals surface area contributed by atoms with Crippen molar-refractivity contribution in [2.75, 3.05) is 13.1 Å². The van der Waals surface area contributed by atoms with Crippen molar-refractivity contribution in [3.8, 4) is 0 Å². The summed E-state index contributed by atoms with van der Waals surface area (Å²) in [4.78, 5) is 10.3. The number of carboxylic acid groups (broad SMARTS) is 1. The van der Waals surface area contributed by atoms with Crippen LogP contribution in [0.5, 0.6) is 0 Å². The fourth-order valence-corrected chi connectivity index (χ4v) is 0.898. The molecule has 98 valence electrons. The van der Waals surface area contributed by atoms with E-state index >= 15 is 0 Å². The highest BCUT2D eigenvalue weighted by molar-refractivity contribution is 5.85. The lowest BCUT2D eigenvalue weighted by Gasteiger charge is -2.10. The first-order valence-corrected chi connectivity index (χ1v) is 4.40. The van der Waals surface area contributed by atoms with E-state index in [1.165, 1.54) is 0 Å². The number of hydrogen-bond donors (Lipinski definition) is 4. The molecular weight excluding hydrogens is 260 g/mol. The zero-order valence-electron chi connectivity index (χ0n) is 8.69. The summed E-state index contributed by atoms with van der Waals surface area (Å²) in [7, 11) is 0. The fourth-order valence-electron chi connectivity index (χ4n) is 0.898. The van der Waals surface area contributed by atoms with E-state index in [-0.39, 0.29) is 44.2 Å². The van der Waals surface area contributed by atoms with Gasteiger partial charge in [0.1, 0.15) is 12.2 Å². The van der Waals surface area contributed by atoms with Crippen LogP contribution < -0.4 is 11.1 Å². The van der Waals surface area contributed by atoms with Crippen molar-refractivity contribution in [1.82, 2.24) is 5.32 Å². The van der Waals surface area contributed by atoms with Gasteiger partial charge in [0, 0.05) is 19.3 Å². The number of alkyl halides is 1. The van der Waals surface area contributed by atoms with Crippen LogP contribution in [-0.4, -0.2) is 42.6 Å². The van der Waals surface area contributed by atoms with Gasteiger partial charge in [0.2, 0.25) is 0 Å². The molecule has 0 spiro atoms. The van der Waals surface area contributed by atoms with Gasteiger partial charge in [-0.1, -0.05) is 0 Å². The van der Waals surface area contributed by atoms with Gasteiger partial charge >= 0.3 is 5.97 Å². The van der Waals surface area contributed by atoms with E-state index in [9.17, 15) is 9.18 Å². The van der Waals surface area contributed by atoms with Crippen LogP contribution in [0, 0.1) is 5.41 Å². The molecule has 0 saturated carbocycles. The van der Waals surface area contributed by atoms with Gasteiger partial charge in [-0.05, 0) is 12.8 Å². The zero-order chi connectivity index (χ0) is 11.0. The number of rotatable bonds is 8. The van der Waals surface area contributed by atoms with Crippen LogP contribution >= 0.6 is 24.8 Å². The maximum atomic E-state index is 13.0. The normalized spacial score (nSPS) is 12.9. The molecule has 0 fully saturated rings. The Morgan fingerprint density at radius 1 is 1.50 bits per heavy atom. The Bertz CT molecular complexity index is 198. The van der Waals surface area contributed by atoms with E-state index in [0.29, 0.717) is 6.54 Å². The number of aliphatic carboxylic acids is 1. The summed E-state index contributed by atoms with van der Waals surface area (Å²) in [6.45, 7) is 0.452. The third kappa shape index (κ3) is 11.6. The van der Waals surface area contributed by atoms with Gasteiger partial charge < -0.3 is 21.6 Å². The highest BCUT2D eigenvalue weighted by Gasteiger charge is 2.14. The lowest BCUT2D eigenvalue weighted by molar-refractivity contribution is -0.138. The van der Waals surface area contributed by atoms with E-state index < -0.39 is 18.2 Å². The minimum atomic E-state index is -1.11. The van der Waals surface area contributed by atoms with E-state index in [4.69, 9.17) is 16.2 Å². The van der Waals surface area contributed by atoms with Crippen LogP contribution in [-0.2, 0) is 4.79 Å². The molecule has 0 radical (unpaired) electrons. The van der Waals surface area contributed by atoms with Crippen molar-refractivity contribution in [1.29, 1.82) is 5.41 Å². The predicted octanol–water partition coefficient (Wildman–Crippen LogP) is 0.599. The van der Waals surface area contributed by atoms with Crippen molar-refractivity contribution >= 4 is 37.0 Å². The molecule has 0 aliphatic carbocycles. The van der Waals surface area contributed by atoms with Crippen LogP contribution in [0.25, 0.3) is 0 Å². The van der Waals surface area contributed by atoms with Crippen LogP contribution in [0.15, 0.2) is 0 Å². The molecule has 0 amide bonds. The molecule has 0 bridgehead atoms. The van der Waals surface area contributed by atoms with Crippen molar-refractivity contribution in [3.63, 3.8) is 0 Å². The van der Waals surface area contributed by atoms with Crippen molar-refractivity contribution in [2.24, 2.45) is 5.73 Å². The molecule has 0 aromatic heterocycles. The maximum Gasteiger partial charge on any atom is 0.320 e. The van der Waals surface area contributed by atoms with Crippen LogP contribution in [0.4, 0.5) is 4.39 Å². The molecule has 2 atom stereocenters. The maximum absolute atomic E-state index is 13.0. The topological polar surface area (TPSA) is 99.2 Å². The SMILES string of the molecule is Cl.Cl.N=CCNCC(F)CCC(N)C(=O)O. The Morgan fingerprint density at radius 2 is 2.06 bits per heavy atom. The molecule has 16 heavy (non-hydrogen) atoms. The van der Waals surface area contributed by atoms with Gasteiger partial charge in [0.05, 0.1) is 0 Å². The van der Waals surface area contributed by atoms with Crippen LogP contribution in [0.3, 0.4) is 0 Å². The molecule has 0 aliphatic rings. The molecular formula is C8H18Cl2FN3O2. The van der Waals surface area contributed by atoms with E-state index in [2.05, 4.69) is 5.32 Å². The molecule has 0 aromatic carbocycles. The number of nitrogens with one attached hydrogen (secondary N) is 2. The smallest absolute Gasteiger partial charge is 0.320 e. The Hall–Kier alpha value is -0.430. The quantitative estimate of drug-likeness (QED) is 0.386. The predicted molar refractivity (Wildman–Crippen MR) is 65.9 cm³/mol. The summed E-state index contributed by atoms with van der Waals surface area (Å²) in [5.41, 5.74) is 5.20. The third-order valence-electron chi connectivity index (χ3n) is 1.72. The summed E-state index contributed by atoms with van der Waals surface area (Å²) in [6.07, 6.45) is 0.275. The molecule has 5 nitrogen and oxygen atoms in total. The van der Waals surface area contributed by atoms with E-state index in [1.807, 2.05) is 0 Å². The Balaban J connectivity index is -0.000000845. The second-order valence-electron chi connectivity index (χ2n) is 2.98. The molecule has 0 rings (SSSR count). The third-order valence-corrected chi connectivity index (χ3v) is 1.72. The molecule has 0 aromatic rings. The lowest BCUT2D eigenvalue weighted by atomic mass is 10.1. The van der Waals surface area contributed by atoms with E-state index in [1.54, 1.807) is 0 Å². The Kier molecular flexibility index (Phi) is 16.5. The second kappa shape index (κ2) is 12.6. The minimum absolute atomic E-state index is 0. The largest absolute Gasteiger partial charge is 0.480 e. The van der Waals surface area contributed by atoms with E-state index in [0.717, 1.165) is 6.21 Å². The average molecular weight is 278 g/mol. The number of halogens is 3. The number of hydrogen-bond acceptors (Lipinski definition) is 4. The fraction of sp³-hybridized carbons (Fsp3) is 0.750. The average Bonchev–Trinajstić information content (AvgIpc) is 2.14. The monoisotopic (exact) mass is 277 g/mol. The highest BCUT2D eigenvalue weighted by Crippen LogP contribution is 2.03. The van der Waals surface area contributed by atoms with Gasteiger partial charge in [-0.25, -0.2) is 4.39 Å². The number of carbonyl (C=O) groups is 1. The summed E-state index contributed by atoms with van der Waals surface area (Å²) in [6, 6.07) is -0.990. The van der Waals surface area contributed by atoms with Gasteiger partial charge in [-0.15, -0.1) is 24.8 Å². The first-order valence-electron chi connectivity index (χ1n) is 4.40. The molecule has 2 unspecified atom stereocenters. The van der Waals surface area contributed by atoms with Gasteiger partial charge in [0.15, 0.2) is 0 Å². The van der Waals surface area contributed by atoms with Crippen molar-refractivity contribution in [2.45, 2.75) is 25.1 Å². The zero-order valence-corrected chi connectivity index (χ0v) is 10.3. The summed E-state index contributed by atoms with van der Waals surface area (Å²) >= 11 is 0. The minimum Gasteiger partial charge on any atom is -0.480 e. The molecule has 8 heteroatoms. The standard InChI is InChI=1S/C8H16FN3O2.2ClH/c9-6(5-12-4-3-10)1-2-7(11)8(13)14;;/h3,6-7,10,12H,1-2,4-5,11H2,(H,13,14);2*1H. The van der Waals surface area contributed by atoms with Crippen molar-refractivity contribution < 1.29 is 14.3 Å².